The summed E-state index contributed by atoms with van der Waals surface area (Å²) < 4.78 is 0. The molecule has 3 nitrogen and oxygen atoms in total. The molecule has 0 saturated heterocycles. The number of carbonyl (C=O) groups is 1. The van der Waals surface area contributed by atoms with Crippen molar-refractivity contribution in [1.82, 2.24) is 5.32 Å². The molecule has 0 spiro atoms. The topological polar surface area (TPSA) is 55.1 Å². The fourth-order valence-corrected chi connectivity index (χ4v) is 1.95. The first-order valence-corrected chi connectivity index (χ1v) is 6.43. The Morgan fingerprint density at radius 3 is 2.79 bits per heavy atom. The molecule has 14 heavy (non-hydrogen) atoms. The van der Waals surface area contributed by atoms with Gasteiger partial charge in [-0.15, -0.1) is 0 Å². The summed E-state index contributed by atoms with van der Waals surface area (Å²) in [4.78, 5) is 11.3. The highest BCUT2D eigenvalue weighted by Gasteiger charge is 2.04. The minimum Gasteiger partial charge on any atom is -0.352 e. The van der Waals surface area contributed by atoms with Crippen LogP contribution in [0.4, 0.5) is 0 Å². The van der Waals surface area contributed by atoms with Crippen molar-refractivity contribution in [2.24, 2.45) is 5.73 Å². The number of carbonyl (C=O) groups excluding carboxylic acids is 1. The molecule has 1 amide bonds. The van der Waals surface area contributed by atoms with Crippen molar-refractivity contribution >= 4 is 17.7 Å². The number of hydrogen-bond donors (Lipinski definition) is 2. The summed E-state index contributed by atoms with van der Waals surface area (Å²) in [6.07, 6.45) is 3.08. The van der Waals surface area contributed by atoms with Crippen LogP contribution in [0.1, 0.15) is 33.1 Å². The standard InChI is InChI=1S/C10H22N2OS/c1-3-4-6-14-7-5-10(13)12-9(2)8-11/h9H,3-8,11H2,1-2H3,(H,12,13)/t9-/m0/s1. The van der Waals surface area contributed by atoms with Crippen LogP contribution in [0.15, 0.2) is 0 Å². The summed E-state index contributed by atoms with van der Waals surface area (Å²) in [5.74, 6) is 2.20. The van der Waals surface area contributed by atoms with Crippen molar-refractivity contribution in [2.45, 2.75) is 39.2 Å². The number of nitrogens with two attached hydrogens (primary N) is 1. The van der Waals surface area contributed by atoms with E-state index in [0.717, 1.165) is 11.5 Å². The van der Waals surface area contributed by atoms with Gasteiger partial charge in [0.1, 0.15) is 0 Å². The van der Waals surface area contributed by atoms with Crippen LogP contribution in [-0.4, -0.2) is 30.0 Å². The van der Waals surface area contributed by atoms with E-state index >= 15 is 0 Å². The van der Waals surface area contributed by atoms with Crippen LogP contribution in [0.25, 0.3) is 0 Å². The van der Waals surface area contributed by atoms with Gasteiger partial charge in [0.15, 0.2) is 0 Å². The van der Waals surface area contributed by atoms with Crippen molar-refractivity contribution in [2.75, 3.05) is 18.1 Å². The Kier molecular flexibility index (Phi) is 9.19. The van der Waals surface area contributed by atoms with E-state index in [1.54, 1.807) is 0 Å². The number of amides is 1. The van der Waals surface area contributed by atoms with Gasteiger partial charge in [-0.1, -0.05) is 13.3 Å². The van der Waals surface area contributed by atoms with Gasteiger partial charge in [0, 0.05) is 24.8 Å². The minimum atomic E-state index is 0.100. The number of hydrogen-bond acceptors (Lipinski definition) is 3. The maximum atomic E-state index is 11.3. The first kappa shape index (κ1) is 13.8. The van der Waals surface area contributed by atoms with E-state index in [0.29, 0.717) is 13.0 Å². The van der Waals surface area contributed by atoms with E-state index < -0.39 is 0 Å². The lowest BCUT2D eigenvalue weighted by molar-refractivity contribution is -0.121. The van der Waals surface area contributed by atoms with Crippen LogP contribution in [0.3, 0.4) is 0 Å². The molecular formula is C10H22N2OS. The first-order valence-electron chi connectivity index (χ1n) is 5.27. The summed E-state index contributed by atoms with van der Waals surface area (Å²) >= 11 is 1.85. The molecule has 0 bridgehead atoms. The molecule has 0 heterocycles. The fourth-order valence-electron chi connectivity index (χ4n) is 0.919. The zero-order valence-electron chi connectivity index (χ0n) is 9.21. The van der Waals surface area contributed by atoms with Gasteiger partial charge in [0.05, 0.1) is 0 Å². The Bertz CT molecular complexity index is 153. The largest absolute Gasteiger partial charge is 0.352 e. The molecule has 0 aliphatic heterocycles. The van der Waals surface area contributed by atoms with E-state index in [1.165, 1.54) is 12.8 Å². The van der Waals surface area contributed by atoms with Crippen LogP contribution in [0, 0.1) is 0 Å². The molecule has 0 aromatic rings. The molecule has 4 heteroatoms. The Labute approximate surface area is 91.2 Å². The molecule has 0 unspecified atom stereocenters. The van der Waals surface area contributed by atoms with Crippen LogP contribution in [0.5, 0.6) is 0 Å². The van der Waals surface area contributed by atoms with Gasteiger partial charge in [-0.2, -0.15) is 11.8 Å². The molecule has 0 aliphatic rings. The molecular weight excluding hydrogens is 196 g/mol. The average molecular weight is 218 g/mol. The molecule has 1 atom stereocenters. The Balaban J connectivity index is 3.27. The molecule has 0 aromatic carbocycles. The normalized spacial score (nSPS) is 12.5. The molecule has 0 aromatic heterocycles. The third-order valence-electron chi connectivity index (χ3n) is 1.88. The van der Waals surface area contributed by atoms with E-state index in [2.05, 4.69) is 12.2 Å². The van der Waals surface area contributed by atoms with Crippen LogP contribution in [-0.2, 0) is 4.79 Å². The number of thioether (sulfide) groups is 1. The van der Waals surface area contributed by atoms with Crippen molar-refractivity contribution in [3.8, 4) is 0 Å². The Hall–Kier alpha value is -0.220. The van der Waals surface area contributed by atoms with E-state index in [9.17, 15) is 4.79 Å². The SMILES string of the molecule is CCCCSCCC(=O)N[C@@H](C)CN. The Morgan fingerprint density at radius 2 is 2.21 bits per heavy atom. The summed E-state index contributed by atoms with van der Waals surface area (Å²) in [7, 11) is 0. The predicted octanol–water partition coefficient (Wildman–Crippen LogP) is 1.37. The lowest BCUT2D eigenvalue weighted by atomic mass is 10.3. The third kappa shape index (κ3) is 8.38. The highest BCUT2D eigenvalue weighted by molar-refractivity contribution is 7.99. The molecule has 0 saturated carbocycles. The van der Waals surface area contributed by atoms with Crippen molar-refractivity contribution in [1.29, 1.82) is 0 Å². The quantitative estimate of drug-likeness (QED) is 0.605. The number of nitrogens with one attached hydrogen (secondary N) is 1. The smallest absolute Gasteiger partial charge is 0.221 e. The zero-order chi connectivity index (χ0) is 10.8. The van der Waals surface area contributed by atoms with E-state index in [-0.39, 0.29) is 11.9 Å². The van der Waals surface area contributed by atoms with Gasteiger partial charge in [0.25, 0.3) is 0 Å². The molecule has 84 valence electrons. The summed E-state index contributed by atoms with van der Waals surface area (Å²) in [6, 6.07) is 0.100. The second-order valence-electron chi connectivity index (χ2n) is 3.42. The van der Waals surface area contributed by atoms with E-state index in [1.807, 2.05) is 18.7 Å². The van der Waals surface area contributed by atoms with Crippen LogP contribution < -0.4 is 11.1 Å². The number of unbranched alkanes of at least 4 members (excludes halogenated alkanes) is 1. The maximum Gasteiger partial charge on any atom is 0.221 e. The van der Waals surface area contributed by atoms with Gasteiger partial charge in [-0.25, -0.2) is 0 Å². The lowest BCUT2D eigenvalue weighted by Gasteiger charge is -2.10. The van der Waals surface area contributed by atoms with Gasteiger partial charge in [-0.05, 0) is 19.1 Å². The highest BCUT2D eigenvalue weighted by Crippen LogP contribution is 2.05. The van der Waals surface area contributed by atoms with Crippen LogP contribution >= 0.6 is 11.8 Å². The van der Waals surface area contributed by atoms with Crippen molar-refractivity contribution < 1.29 is 4.79 Å². The van der Waals surface area contributed by atoms with Crippen molar-refractivity contribution in [3.05, 3.63) is 0 Å². The van der Waals surface area contributed by atoms with Crippen LogP contribution in [0.2, 0.25) is 0 Å². The summed E-state index contributed by atoms with van der Waals surface area (Å²) in [5.41, 5.74) is 5.39. The fraction of sp³-hybridized carbons (Fsp3) is 0.900. The van der Waals surface area contributed by atoms with Crippen molar-refractivity contribution in [3.63, 3.8) is 0 Å². The van der Waals surface area contributed by atoms with Gasteiger partial charge in [-0.3, -0.25) is 4.79 Å². The van der Waals surface area contributed by atoms with E-state index in [4.69, 9.17) is 5.73 Å². The lowest BCUT2D eigenvalue weighted by Crippen LogP contribution is -2.37. The summed E-state index contributed by atoms with van der Waals surface area (Å²) in [5, 5.41) is 2.84. The second-order valence-corrected chi connectivity index (χ2v) is 4.64. The molecule has 0 radical (unpaired) electrons. The van der Waals surface area contributed by atoms with Gasteiger partial charge in [0.2, 0.25) is 5.91 Å². The highest BCUT2D eigenvalue weighted by atomic mass is 32.2. The average Bonchev–Trinajstić information content (AvgIpc) is 2.17. The first-order chi connectivity index (χ1) is 6.70. The molecule has 3 N–H and O–H groups in total. The minimum absolute atomic E-state index is 0.100. The molecule has 0 rings (SSSR count). The maximum absolute atomic E-state index is 11.3. The Morgan fingerprint density at radius 1 is 1.50 bits per heavy atom. The molecule has 0 fully saturated rings. The van der Waals surface area contributed by atoms with Gasteiger partial charge >= 0.3 is 0 Å². The zero-order valence-corrected chi connectivity index (χ0v) is 10.0. The predicted molar refractivity (Wildman–Crippen MR) is 63.5 cm³/mol. The molecule has 0 aliphatic carbocycles. The number of rotatable bonds is 8. The second kappa shape index (κ2) is 9.34. The third-order valence-corrected chi connectivity index (χ3v) is 2.95. The monoisotopic (exact) mass is 218 g/mol. The van der Waals surface area contributed by atoms with Gasteiger partial charge < -0.3 is 11.1 Å². The summed E-state index contributed by atoms with van der Waals surface area (Å²) in [6.45, 7) is 4.60.